The second-order valence-corrected chi connectivity index (χ2v) is 7.05. The number of aromatic nitrogens is 2. The fourth-order valence-corrected chi connectivity index (χ4v) is 3.24. The standard InChI is InChI=1S/C17H22BrN5O/c1-12(2)23-11-13(18)9-15(23)17(24)21-16-4-3-14(10-20-16)22-7-5-19-6-8-22/h3-4,9-12,19H,5-8H2,1-2H3,(H,20,21,24). The lowest BCUT2D eigenvalue weighted by Gasteiger charge is -2.29. The first kappa shape index (κ1) is 17.0. The second kappa shape index (κ2) is 7.36. The van der Waals surface area contributed by atoms with E-state index in [4.69, 9.17) is 0 Å². The van der Waals surface area contributed by atoms with Crippen molar-refractivity contribution < 1.29 is 4.79 Å². The molecule has 1 aliphatic heterocycles. The summed E-state index contributed by atoms with van der Waals surface area (Å²) < 4.78 is 2.83. The first-order valence-electron chi connectivity index (χ1n) is 8.15. The lowest BCUT2D eigenvalue weighted by atomic mass is 10.3. The number of carbonyl (C=O) groups excluding carboxylic acids is 1. The van der Waals surface area contributed by atoms with Gasteiger partial charge in [-0.1, -0.05) is 0 Å². The summed E-state index contributed by atoms with van der Waals surface area (Å²) in [5, 5.41) is 6.21. The van der Waals surface area contributed by atoms with Crippen LogP contribution in [0, 0.1) is 0 Å². The quantitative estimate of drug-likeness (QED) is 0.840. The highest BCUT2D eigenvalue weighted by Crippen LogP contribution is 2.21. The molecular weight excluding hydrogens is 370 g/mol. The van der Waals surface area contributed by atoms with Gasteiger partial charge >= 0.3 is 0 Å². The number of anilines is 2. The van der Waals surface area contributed by atoms with E-state index < -0.39 is 0 Å². The Morgan fingerprint density at radius 3 is 2.71 bits per heavy atom. The van der Waals surface area contributed by atoms with E-state index in [1.165, 1.54) is 0 Å². The summed E-state index contributed by atoms with van der Waals surface area (Å²) in [4.78, 5) is 19.2. The van der Waals surface area contributed by atoms with Crippen molar-refractivity contribution in [1.82, 2.24) is 14.9 Å². The molecule has 0 bridgehead atoms. The molecule has 6 nitrogen and oxygen atoms in total. The van der Waals surface area contributed by atoms with Gasteiger partial charge in [0.05, 0.1) is 11.9 Å². The average molecular weight is 392 g/mol. The van der Waals surface area contributed by atoms with E-state index >= 15 is 0 Å². The smallest absolute Gasteiger partial charge is 0.273 e. The van der Waals surface area contributed by atoms with Crippen LogP contribution in [0.15, 0.2) is 35.1 Å². The molecule has 0 radical (unpaired) electrons. The fourth-order valence-electron chi connectivity index (χ4n) is 2.81. The van der Waals surface area contributed by atoms with Crippen molar-refractivity contribution in [3.8, 4) is 0 Å². The van der Waals surface area contributed by atoms with Crippen molar-refractivity contribution >= 4 is 33.3 Å². The number of hydrogen-bond donors (Lipinski definition) is 2. The maximum absolute atomic E-state index is 12.5. The number of pyridine rings is 1. The van der Waals surface area contributed by atoms with Crippen LogP contribution in [0.25, 0.3) is 0 Å². The molecule has 24 heavy (non-hydrogen) atoms. The van der Waals surface area contributed by atoms with Gasteiger partial charge in [-0.15, -0.1) is 0 Å². The highest BCUT2D eigenvalue weighted by Gasteiger charge is 2.16. The van der Waals surface area contributed by atoms with Gasteiger partial charge in [-0.2, -0.15) is 0 Å². The Labute approximate surface area is 150 Å². The molecule has 2 N–H and O–H groups in total. The van der Waals surface area contributed by atoms with E-state index in [0.29, 0.717) is 11.5 Å². The Balaban J connectivity index is 1.70. The molecule has 3 heterocycles. The van der Waals surface area contributed by atoms with Gasteiger partial charge in [-0.25, -0.2) is 4.98 Å². The first-order valence-corrected chi connectivity index (χ1v) is 8.94. The first-order chi connectivity index (χ1) is 11.5. The van der Waals surface area contributed by atoms with E-state index in [1.54, 1.807) is 0 Å². The van der Waals surface area contributed by atoms with Gasteiger partial charge in [0.2, 0.25) is 0 Å². The number of piperazine rings is 1. The summed E-state index contributed by atoms with van der Waals surface area (Å²) in [6, 6.07) is 5.89. The van der Waals surface area contributed by atoms with E-state index in [-0.39, 0.29) is 11.9 Å². The van der Waals surface area contributed by atoms with Crippen LogP contribution in [-0.2, 0) is 0 Å². The number of halogens is 1. The average Bonchev–Trinajstić information content (AvgIpc) is 2.99. The Bertz CT molecular complexity index is 704. The number of nitrogens with one attached hydrogen (secondary N) is 2. The normalized spacial score (nSPS) is 14.9. The molecule has 2 aromatic heterocycles. The minimum atomic E-state index is -0.156. The Morgan fingerprint density at radius 2 is 2.08 bits per heavy atom. The molecular formula is C17H22BrN5O. The lowest BCUT2D eigenvalue weighted by molar-refractivity contribution is 0.101. The van der Waals surface area contributed by atoms with Crippen molar-refractivity contribution in [2.24, 2.45) is 0 Å². The maximum atomic E-state index is 12.5. The van der Waals surface area contributed by atoms with Crippen molar-refractivity contribution in [3.05, 3.63) is 40.8 Å². The van der Waals surface area contributed by atoms with Crippen LogP contribution in [0.3, 0.4) is 0 Å². The van der Waals surface area contributed by atoms with Crippen molar-refractivity contribution in [2.75, 3.05) is 36.4 Å². The highest BCUT2D eigenvalue weighted by atomic mass is 79.9. The zero-order chi connectivity index (χ0) is 17.1. The van der Waals surface area contributed by atoms with Gasteiger partial charge in [0.1, 0.15) is 11.5 Å². The van der Waals surface area contributed by atoms with Crippen LogP contribution in [0.1, 0.15) is 30.4 Å². The molecule has 0 unspecified atom stereocenters. The van der Waals surface area contributed by atoms with Crippen LogP contribution in [-0.4, -0.2) is 41.6 Å². The number of hydrogen-bond acceptors (Lipinski definition) is 4. The summed E-state index contributed by atoms with van der Waals surface area (Å²) >= 11 is 3.43. The predicted molar refractivity (Wildman–Crippen MR) is 99.8 cm³/mol. The number of carbonyl (C=O) groups is 1. The van der Waals surface area contributed by atoms with Crippen LogP contribution < -0.4 is 15.5 Å². The molecule has 0 saturated carbocycles. The van der Waals surface area contributed by atoms with E-state index in [1.807, 2.05) is 49.0 Å². The lowest BCUT2D eigenvalue weighted by Crippen LogP contribution is -2.43. The molecule has 7 heteroatoms. The Hall–Kier alpha value is -1.86. The molecule has 3 rings (SSSR count). The highest BCUT2D eigenvalue weighted by molar-refractivity contribution is 9.10. The summed E-state index contributed by atoms with van der Waals surface area (Å²) in [6.07, 6.45) is 3.73. The largest absolute Gasteiger partial charge is 0.368 e. The molecule has 128 valence electrons. The molecule has 1 saturated heterocycles. The minimum absolute atomic E-state index is 0.156. The van der Waals surface area contributed by atoms with E-state index in [0.717, 1.165) is 36.3 Å². The van der Waals surface area contributed by atoms with Gasteiger partial charge < -0.3 is 20.1 Å². The summed E-state index contributed by atoms with van der Waals surface area (Å²) in [5.74, 6) is 0.406. The minimum Gasteiger partial charge on any atom is -0.368 e. The molecule has 0 aliphatic carbocycles. The second-order valence-electron chi connectivity index (χ2n) is 6.14. The zero-order valence-electron chi connectivity index (χ0n) is 13.9. The van der Waals surface area contributed by atoms with Crippen molar-refractivity contribution in [1.29, 1.82) is 0 Å². The van der Waals surface area contributed by atoms with E-state index in [2.05, 4.69) is 36.4 Å². The summed E-state index contributed by atoms with van der Waals surface area (Å²) in [7, 11) is 0. The van der Waals surface area contributed by atoms with Crippen LogP contribution in [0.2, 0.25) is 0 Å². The van der Waals surface area contributed by atoms with Crippen LogP contribution >= 0.6 is 15.9 Å². The predicted octanol–water partition coefficient (Wildman–Crippen LogP) is 2.89. The van der Waals surface area contributed by atoms with Gasteiger partial charge in [-0.3, -0.25) is 4.79 Å². The third kappa shape index (κ3) is 3.79. The molecule has 0 aromatic carbocycles. The van der Waals surface area contributed by atoms with Crippen molar-refractivity contribution in [3.63, 3.8) is 0 Å². The van der Waals surface area contributed by atoms with Gasteiger partial charge in [0, 0.05) is 42.9 Å². The molecule has 1 amide bonds. The fraction of sp³-hybridized carbons (Fsp3) is 0.412. The number of nitrogens with zero attached hydrogens (tertiary/aromatic N) is 3. The van der Waals surface area contributed by atoms with Crippen LogP contribution in [0.5, 0.6) is 0 Å². The molecule has 0 spiro atoms. The number of amides is 1. The molecule has 2 aromatic rings. The van der Waals surface area contributed by atoms with Gasteiger partial charge in [0.25, 0.3) is 5.91 Å². The zero-order valence-corrected chi connectivity index (χ0v) is 15.5. The third-order valence-electron chi connectivity index (χ3n) is 4.08. The van der Waals surface area contributed by atoms with Crippen LogP contribution in [0.4, 0.5) is 11.5 Å². The third-order valence-corrected chi connectivity index (χ3v) is 4.51. The molecule has 1 fully saturated rings. The monoisotopic (exact) mass is 391 g/mol. The Morgan fingerprint density at radius 1 is 1.33 bits per heavy atom. The molecule has 1 aliphatic rings. The van der Waals surface area contributed by atoms with Crippen molar-refractivity contribution in [2.45, 2.75) is 19.9 Å². The summed E-state index contributed by atoms with van der Waals surface area (Å²) in [6.45, 7) is 8.01. The van der Waals surface area contributed by atoms with Gasteiger partial charge in [0.15, 0.2) is 0 Å². The molecule has 0 atom stereocenters. The SMILES string of the molecule is CC(C)n1cc(Br)cc1C(=O)Nc1ccc(N2CCNCC2)cn1. The van der Waals surface area contributed by atoms with E-state index in [9.17, 15) is 4.79 Å². The summed E-state index contributed by atoms with van der Waals surface area (Å²) in [5.41, 5.74) is 1.70. The Kier molecular flexibility index (Phi) is 5.20. The maximum Gasteiger partial charge on any atom is 0.273 e. The van der Waals surface area contributed by atoms with Gasteiger partial charge in [-0.05, 0) is 48.0 Å². The number of rotatable bonds is 4. The topological polar surface area (TPSA) is 62.2 Å².